The summed E-state index contributed by atoms with van der Waals surface area (Å²) in [5, 5.41) is 4.94. The zero-order valence-electron chi connectivity index (χ0n) is 9.45. The number of aromatic nitrogens is 2. The predicted octanol–water partition coefficient (Wildman–Crippen LogP) is 4.20. The van der Waals surface area contributed by atoms with Crippen LogP contribution in [-0.4, -0.2) is 15.6 Å². The number of ketones is 1. The van der Waals surface area contributed by atoms with Crippen LogP contribution in [0.3, 0.4) is 0 Å². The minimum atomic E-state index is -0.178. The van der Waals surface area contributed by atoms with Crippen molar-refractivity contribution in [1.29, 1.82) is 0 Å². The Balaban J connectivity index is 2.51. The van der Waals surface area contributed by atoms with Crippen molar-refractivity contribution in [2.45, 2.75) is 13.5 Å². The van der Waals surface area contributed by atoms with Crippen molar-refractivity contribution in [1.82, 2.24) is 9.78 Å². The average Bonchev–Trinajstić information content (AvgIpc) is 2.69. The Kier molecular flexibility index (Phi) is 4.10. The molecule has 0 saturated carbocycles. The molecule has 0 aliphatic heterocycles. The molecule has 18 heavy (non-hydrogen) atoms. The van der Waals surface area contributed by atoms with Gasteiger partial charge in [-0.15, -0.1) is 0 Å². The molecule has 2 aromatic rings. The number of benzene rings is 1. The summed E-state index contributed by atoms with van der Waals surface area (Å²) in [6, 6.07) is 4.81. The molecule has 0 aliphatic carbocycles. The van der Waals surface area contributed by atoms with Crippen molar-refractivity contribution in [3.05, 3.63) is 50.2 Å². The fourth-order valence-corrected chi connectivity index (χ4v) is 2.60. The van der Waals surface area contributed by atoms with E-state index in [1.54, 1.807) is 29.1 Å². The molecule has 3 nitrogen and oxygen atoms in total. The van der Waals surface area contributed by atoms with E-state index in [4.69, 9.17) is 23.2 Å². The second-order valence-electron chi connectivity index (χ2n) is 3.61. The lowest BCUT2D eigenvalue weighted by atomic mass is 10.1. The summed E-state index contributed by atoms with van der Waals surface area (Å²) in [6.45, 7) is 2.53. The first kappa shape index (κ1) is 13.6. The highest BCUT2D eigenvalue weighted by molar-refractivity contribution is 9.10. The Morgan fingerprint density at radius 1 is 1.44 bits per heavy atom. The number of nitrogens with zero attached hydrogens (tertiary/aromatic N) is 2. The van der Waals surface area contributed by atoms with Gasteiger partial charge in [-0.05, 0) is 41.1 Å². The third-order valence-corrected chi connectivity index (χ3v) is 3.61. The summed E-state index contributed by atoms with van der Waals surface area (Å²) >= 11 is 15.2. The van der Waals surface area contributed by atoms with Crippen molar-refractivity contribution in [2.24, 2.45) is 0 Å². The number of hydrogen-bond donors (Lipinski definition) is 0. The molecule has 6 heteroatoms. The molecule has 0 aliphatic rings. The number of rotatable bonds is 3. The normalized spacial score (nSPS) is 10.7. The Bertz CT molecular complexity index is 610. The third-order valence-electron chi connectivity index (χ3n) is 2.49. The summed E-state index contributed by atoms with van der Waals surface area (Å²) in [7, 11) is 0. The summed E-state index contributed by atoms with van der Waals surface area (Å²) in [6.07, 6.45) is 1.60. The van der Waals surface area contributed by atoms with E-state index in [9.17, 15) is 4.79 Å². The van der Waals surface area contributed by atoms with Gasteiger partial charge in [-0.2, -0.15) is 5.10 Å². The van der Waals surface area contributed by atoms with Crippen LogP contribution in [0.5, 0.6) is 0 Å². The van der Waals surface area contributed by atoms with Gasteiger partial charge in [0.2, 0.25) is 5.78 Å². The highest BCUT2D eigenvalue weighted by Gasteiger charge is 2.20. The molecule has 0 spiro atoms. The molecule has 94 valence electrons. The summed E-state index contributed by atoms with van der Waals surface area (Å²) in [5.41, 5.74) is 0.902. The molecule has 0 unspecified atom stereocenters. The second kappa shape index (κ2) is 5.43. The quantitative estimate of drug-likeness (QED) is 0.780. The van der Waals surface area contributed by atoms with Gasteiger partial charge in [0.25, 0.3) is 0 Å². The minimum Gasteiger partial charge on any atom is -0.287 e. The first-order valence-electron chi connectivity index (χ1n) is 5.25. The molecule has 0 radical (unpaired) electrons. The Labute approximate surface area is 123 Å². The molecule has 2 rings (SSSR count). The maximum atomic E-state index is 12.4. The number of aryl methyl sites for hydroxylation is 1. The zero-order valence-corrected chi connectivity index (χ0v) is 12.6. The molecule has 1 heterocycles. The van der Waals surface area contributed by atoms with E-state index in [0.717, 1.165) is 0 Å². The van der Waals surface area contributed by atoms with Crippen LogP contribution in [0.25, 0.3) is 0 Å². The summed E-state index contributed by atoms with van der Waals surface area (Å²) in [4.78, 5) is 12.4. The van der Waals surface area contributed by atoms with Gasteiger partial charge in [0, 0.05) is 17.1 Å². The fourth-order valence-electron chi connectivity index (χ4n) is 1.63. The number of carbonyl (C=O) groups excluding carboxylic acids is 1. The molecule has 1 aromatic carbocycles. The van der Waals surface area contributed by atoms with Crippen LogP contribution in [0.15, 0.2) is 28.9 Å². The van der Waals surface area contributed by atoms with Gasteiger partial charge < -0.3 is 0 Å². The molecular weight excluding hydrogens is 339 g/mol. The molecule has 1 aromatic heterocycles. The molecule has 0 amide bonds. The summed E-state index contributed by atoms with van der Waals surface area (Å²) in [5.74, 6) is -0.178. The van der Waals surface area contributed by atoms with Crippen LogP contribution in [0.2, 0.25) is 10.0 Å². The summed E-state index contributed by atoms with van der Waals surface area (Å²) < 4.78 is 2.28. The largest absolute Gasteiger partial charge is 0.287 e. The molecule has 0 N–H and O–H groups in total. The first-order valence-corrected chi connectivity index (χ1v) is 6.80. The Hall–Kier alpha value is -0.840. The molecular formula is C12H9BrCl2N2O. The lowest BCUT2D eigenvalue weighted by molar-refractivity contribution is 0.102. The van der Waals surface area contributed by atoms with E-state index in [1.165, 1.54) is 0 Å². The van der Waals surface area contributed by atoms with Crippen LogP contribution in [0.1, 0.15) is 23.0 Å². The lowest BCUT2D eigenvalue weighted by Gasteiger charge is -2.06. The Morgan fingerprint density at radius 3 is 2.78 bits per heavy atom. The van der Waals surface area contributed by atoms with Gasteiger partial charge in [0.1, 0.15) is 5.69 Å². The van der Waals surface area contributed by atoms with Gasteiger partial charge in [-0.25, -0.2) is 0 Å². The van der Waals surface area contributed by atoms with Gasteiger partial charge >= 0.3 is 0 Å². The van der Waals surface area contributed by atoms with E-state index in [2.05, 4.69) is 21.0 Å². The smallest absolute Gasteiger partial charge is 0.213 e. The number of hydrogen-bond acceptors (Lipinski definition) is 2. The highest BCUT2D eigenvalue weighted by atomic mass is 79.9. The van der Waals surface area contributed by atoms with E-state index in [-0.39, 0.29) is 5.78 Å². The van der Waals surface area contributed by atoms with Gasteiger partial charge in [-0.3, -0.25) is 9.48 Å². The van der Waals surface area contributed by atoms with Crippen molar-refractivity contribution in [2.75, 3.05) is 0 Å². The van der Waals surface area contributed by atoms with Crippen LogP contribution < -0.4 is 0 Å². The topological polar surface area (TPSA) is 34.9 Å². The van der Waals surface area contributed by atoms with Crippen LogP contribution in [0.4, 0.5) is 0 Å². The van der Waals surface area contributed by atoms with E-state index in [0.29, 0.717) is 32.3 Å². The number of carbonyl (C=O) groups is 1. The third kappa shape index (κ3) is 2.46. The molecule has 0 bridgehead atoms. The Morgan fingerprint density at radius 2 is 2.17 bits per heavy atom. The van der Waals surface area contributed by atoms with Gasteiger partial charge in [0.05, 0.1) is 15.7 Å². The van der Waals surface area contributed by atoms with E-state index in [1.807, 2.05) is 6.92 Å². The van der Waals surface area contributed by atoms with Crippen LogP contribution >= 0.6 is 39.1 Å². The van der Waals surface area contributed by atoms with E-state index < -0.39 is 0 Å². The molecule has 0 saturated heterocycles. The SMILES string of the molecule is CCn1ncc(Br)c1C(=O)c1ccc(Cl)cc1Cl. The van der Waals surface area contributed by atoms with E-state index >= 15 is 0 Å². The predicted molar refractivity (Wildman–Crippen MR) is 75.5 cm³/mol. The monoisotopic (exact) mass is 346 g/mol. The maximum absolute atomic E-state index is 12.4. The van der Waals surface area contributed by atoms with Crippen molar-refractivity contribution in [3.63, 3.8) is 0 Å². The van der Waals surface area contributed by atoms with Gasteiger partial charge in [-0.1, -0.05) is 23.2 Å². The van der Waals surface area contributed by atoms with Crippen molar-refractivity contribution in [3.8, 4) is 0 Å². The minimum absolute atomic E-state index is 0.178. The standard InChI is InChI=1S/C12H9BrCl2N2O/c1-2-17-11(9(13)6-16-17)12(18)8-4-3-7(14)5-10(8)15/h3-6H,2H2,1H3. The fraction of sp³-hybridized carbons (Fsp3) is 0.167. The molecule has 0 fully saturated rings. The first-order chi connectivity index (χ1) is 8.54. The van der Waals surface area contributed by atoms with Crippen LogP contribution in [0, 0.1) is 0 Å². The van der Waals surface area contributed by atoms with Gasteiger partial charge in [0.15, 0.2) is 0 Å². The second-order valence-corrected chi connectivity index (χ2v) is 5.31. The number of halogens is 3. The van der Waals surface area contributed by atoms with Crippen LogP contribution in [-0.2, 0) is 6.54 Å². The van der Waals surface area contributed by atoms with Crippen molar-refractivity contribution >= 4 is 44.9 Å². The van der Waals surface area contributed by atoms with Crippen molar-refractivity contribution < 1.29 is 4.79 Å². The average molecular weight is 348 g/mol. The highest BCUT2D eigenvalue weighted by Crippen LogP contribution is 2.26. The molecule has 0 atom stereocenters. The maximum Gasteiger partial charge on any atom is 0.213 e. The zero-order chi connectivity index (χ0) is 13.3. The lowest BCUT2D eigenvalue weighted by Crippen LogP contribution is -2.11.